The Labute approximate surface area is 124 Å². The fourth-order valence-corrected chi connectivity index (χ4v) is 3.91. The van der Waals surface area contributed by atoms with Crippen LogP contribution in [0.25, 0.3) is 0 Å². The van der Waals surface area contributed by atoms with E-state index in [0.29, 0.717) is 17.7 Å². The Morgan fingerprint density at radius 2 is 1.67 bits per heavy atom. The summed E-state index contributed by atoms with van der Waals surface area (Å²) < 4.78 is 23.6. The van der Waals surface area contributed by atoms with Crippen LogP contribution in [0.2, 0.25) is 0 Å². The normalized spacial score (nSPS) is 14.7. The smallest absolute Gasteiger partial charge is 0.299 e. The van der Waals surface area contributed by atoms with E-state index in [-0.39, 0.29) is 18.1 Å². The van der Waals surface area contributed by atoms with Gasteiger partial charge in [-0.3, -0.25) is 9.59 Å². The van der Waals surface area contributed by atoms with Crippen LogP contribution in [-0.4, -0.2) is 38.2 Å². The molecule has 0 aromatic heterocycles. The van der Waals surface area contributed by atoms with Crippen LogP contribution in [-0.2, 0) is 14.6 Å². The third kappa shape index (κ3) is 2.85. The molecule has 6 heteroatoms. The van der Waals surface area contributed by atoms with Gasteiger partial charge in [0.1, 0.15) is 0 Å². The predicted octanol–water partition coefficient (Wildman–Crippen LogP) is 1.66. The van der Waals surface area contributed by atoms with Crippen molar-refractivity contribution < 1.29 is 18.0 Å². The molecule has 0 aliphatic carbocycles. The van der Waals surface area contributed by atoms with Crippen LogP contribution in [0.3, 0.4) is 0 Å². The quantitative estimate of drug-likeness (QED) is 0.776. The molecule has 1 aliphatic heterocycles. The van der Waals surface area contributed by atoms with Crippen LogP contribution in [0.5, 0.6) is 0 Å². The minimum Gasteiger partial charge on any atom is -0.303 e. The summed E-state index contributed by atoms with van der Waals surface area (Å²) >= 11 is 0. The number of hydrogen-bond donors (Lipinski definition) is 0. The highest BCUT2D eigenvalue weighted by atomic mass is 32.2. The van der Waals surface area contributed by atoms with Gasteiger partial charge in [-0.15, -0.1) is 0 Å². The average molecular weight is 309 g/mol. The van der Waals surface area contributed by atoms with Crippen molar-refractivity contribution in [2.45, 2.75) is 27.2 Å². The Hall–Kier alpha value is -1.69. The molecule has 0 spiro atoms. The second-order valence-corrected chi connectivity index (χ2v) is 7.66. The number of carbonyl (C=O) groups is 2. The first-order valence-corrected chi connectivity index (χ1v) is 8.77. The van der Waals surface area contributed by atoms with Crippen molar-refractivity contribution in [3.8, 4) is 0 Å². The van der Waals surface area contributed by atoms with E-state index in [1.54, 1.807) is 19.9 Å². The van der Waals surface area contributed by atoms with Gasteiger partial charge in [-0.1, -0.05) is 19.1 Å². The number of ketones is 1. The minimum atomic E-state index is -3.19. The fourth-order valence-electron chi connectivity index (χ4n) is 2.62. The number of benzene rings is 1. The topological polar surface area (TPSA) is 71.5 Å². The van der Waals surface area contributed by atoms with Gasteiger partial charge in [0.2, 0.25) is 0 Å². The summed E-state index contributed by atoms with van der Waals surface area (Å²) in [5.74, 6) is -1.19. The largest absolute Gasteiger partial charge is 0.303 e. The SMILES string of the molecule is CCCS(=O)(=O)CCN1C(=O)C(=O)c2c(C)ccc(C)c21. The molecule has 0 bridgehead atoms. The van der Waals surface area contributed by atoms with Gasteiger partial charge in [0.15, 0.2) is 9.84 Å². The predicted molar refractivity (Wildman–Crippen MR) is 81.5 cm³/mol. The molecule has 0 saturated heterocycles. The Morgan fingerprint density at radius 3 is 2.29 bits per heavy atom. The van der Waals surface area contributed by atoms with Gasteiger partial charge >= 0.3 is 0 Å². The van der Waals surface area contributed by atoms with Crippen molar-refractivity contribution in [3.63, 3.8) is 0 Å². The first kappa shape index (κ1) is 15.7. The van der Waals surface area contributed by atoms with E-state index < -0.39 is 21.5 Å². The minimum absolute atomic E-state index is 0.0319. The zero-order valence-electron chi connectivity index (χ0n) is 12.5. The molecule has 0 unspecified atom stereocenters. The maximum Gasteiger partial charge on any atom is 0.299 e. The molecule has 114 valence electrons. The molecule has 1 aromatic carbocycles. The lowest BCUT2D eigenvalue weighted by molar-refractivity contribution is -0.114. The Morgan fingerprint density at radius 1 is 1.05 bits per heavy atom. The highest BCUT2D eigenvalue weighted by molar-refractivity contribution is 7.91. The number of carbonyl (C=O) groups excluding carboxylic acids is 2. The van der Waals surface area contributed by atoms with Gasteiger partial charge < -0.3 is 4.90 Å². The number of anilines is 1. The summed E-state index contributed by atoms with van der Waals surface area (Å²) in [5.41, 5.74) is 2.53. The van der Waals surface area contributed by atoms with Crippen LogP contribution in [0.1, 0.15) is 34.8 Å². The second-order valence-electron chi connectivity index (χ2n) is 5.36. The monoisotopic (exact) mass is 309 g/mol. The highest BCUT2D eigenvalue weighted by Gasteiger charge is 2.38. The molecule has 1 aromatic rings. The van der Waals surface area contributed by atoms with E-state index in [2.05, 4.69) is 0 Å². The van der Waals surface area contributed by atoms with Gasteiger partial charge in [-0.05, 0) is 31.4 Å². The van der Waals surface area contributed by atoms with Gasteiger partial charge in [0, 0.05) is 12.3 Å². The van der Waals surface area contributed by atoms with Gasteiger partial charge in [-0.2, -0.15) is 0 Å². The number of hydrogen-bond acceptors (Lipinski definition) is 4. The number of rotatable bonds is 5. The molecule has 5 nitrogen and oxygen atoms in total. The number of fused-ring (bicyclic) bond motifs is 1. The molecule has 1 heterocycles. The first-order chi connectivity index (χ1) is 9.78. The summed E-state index contributed by atoms with van der Waals surface area (Å²) in [5, 5.41) is 0. The maximum atomic E-state index is 12.1. The van der Waals surface area contributed by atoms with Gasteiger partial charge in [0.25, 0.3) is 11.7 Å². The van der Waals surface area contributed by atoms with Crippen LogP contribution in [0, 0.1) is 13.8 Å². The van der Waals surface area contributed by atoms with Crippen LogP contribution >= 0.6 is 0 Å². The molecule has 1 amide bonds. The Balaban J connectivity index is 2.34. The third-order valence-corrected chi connectivity index (χ3v) is 5.50. The van der Waals surface area contributed by atoms with Crippen LogP contribution in [0.4, 0.5) is 5.69 Å². The van der Waals surface area contributed by atoms with E-state index in [1.807, 2.05) is 13.0 Å². The molecule has 0 N–H and O–H groups in total. The lowest BCUT2D eigenvalue weighted by Crippen LogP contribution is -2.34. The molecule has 0 saturated carbocycles. The van der Waals surface area contributed by atoms with Crippen molar-refractivity contribution in [2.24, 2.45) is 0 Å². The van der Waals surface area contributed by atoms with Crippen molar-refractivity contribution in [2.75, 3.05) is 23.0 Å². The standard InChI is InChI=1S/C15H19NO4S/c1-4-8-21(19,20)9-7-16-13-11(3)6-5-10(2)12(13)14(17)15(16)18/h5-6H,4,7-9H2,1-3H3. The Kier molecular flexibility index (Phi) is 4.18. The lowest BCUT2D eigenvalue weighted by atomic mass is 10.0. The van der Waals surface area contributed by atoms with E-state index in [4.69, 9.17) is 0 Å². The van der Waals surface area contributed by atoms with E-state index in [1.165, 1.54) is 4.90 Å². The number of sulfone groups is 1. The van der Waals surface area contributed by atoms with Gasteiger partial charge in [0.05, 0.1) is 17.0 Å². The van der Waals surface area contributed by atoms with Crippen molar-refractivity contribution in [1.29, 1.82) is 0 Å². The molecular formula is C15H19NO4S. The summed E-state index contributed by atoms with van der Waals surface area (Å²) in [4.78, 5) is 25.5. The number of nitrogens with zero attached hydrogens (tertiary/aromatic N) is 1. The van der Waals surface area contributed by atoms with Gasteiger partial charge in [-0.25, -0.2) is 8.42 Å². The Bertz CT molecular complexity index is 707. The number of aryl methyl sites for hydroxylation is 2. The zero-order chi connectivity index (χ0) is 15.8. The van der Waals surface area contributed by atoms with Crippen molar-refractivity contribution in [1.82, 2.24) is 0 Å². The van der Waals surface area contributed by atoms with Crippen molar-refractivity contribution in [3.05, 3.63) is 28.8 Å². The summed E-state index contributed by atoms with van der Waals surface area (Å²) in [7, 11) is -3.19. The molecule has 0 fully saturated rings. The highest BCUT2D eigenvalue weighted by Crippen LogP contribution is 2.34. The molecule has 1 aliphatic rings. The van der Waals surface area contributed by atoms with E-state index in [9.17, 15) is 18.0 Å². The molecule has 2 rings (SSSR count). The number of amides is 1. The maximum absolute atomic E-state index is 12.1. The molecule has 0 radical (unpaired) electrons. The lowest BCUT2D eigenvalue weighted by Gasteiger charge is -2.18. The zero-order valence-corrected chi connectivity index (χ0v) is 13.3. The summed E-state index contributed by atoms with van der Waals surface area (Å²) in [6, 6.07) is 3.64. The summed E-state index contributed by atoms with van der Waals surface area (Å²) in [6.07, 6.45) is 0.546. The summed E-state index contributed by atoms with van der Waals surface area (Å²) in [6.45, 7) is 5.42. The van der Waals surface area contributed by atoms with E-state index in [0.717, 1.165) is 11.1 Å². The van der Waals surface area contributed by atoms with Crippen molar-refractivity contribution >= 4 is 27.2 Å². The molecular weight excluding hydrogens is 290 g/mol. The van der Waals surface area contributed by atoms with Crippen LogP contribution < -0.4 is 4.90 Å². The number of Topliss-reactive ketones (excluding diaryl/α,β-unsaturated/α-hetero) is 1. The second kappa shape index (κ2) is 5.60. The first-order valence-electron chi connectivity index (χ1n) is 6.95. The third-order valence-electron chi connectivity index (χ3n) is 3.67. The average Bonchev–Trinajstić information content (AvgIpc) is 2.66. The molecule has 21 heavy (non-hydrogen) atoms. The van der Waals surface area contributed by atoms with E-state index >= 15 is 0 Å². The van der Waals surface area contributed by atoms with Crippen LogP contribution in [0.15, 0.2) is 12.1 Å². The fraction of sp³-hybridized carbons (Fsp3) is 0.467. The molecule has 0 atom stereocenters.